The van der Waals surface area contributed by atoms with Gasteiger partial charge in [-0.3, -0.25) is 4.79 Å². The van der Waals surface area contributed by atoms with E-state index in [2.05, 4.69) is 40.7 Å². The topological polar surface area (TPSA) is 55.8 Å². The number of aliphatic carboxylic acids is 1. The summed E-state index contributed by atoms with van der Waals surface area (Å²) in [5, 5.41) is 9.11. The standard InChI is InChI=1S/C24H40O4/c1-17(11-12-20-18(2)10-8-14-23(20,4)5)9-7-15-24(6)16-13-21(27-28-24)19(3)22(25)26/h9,19,21H,7-8,10-16H2,1-6H3,(H,25,26)/b17-9+/t19-,21?,24-/m0/s1. The number of carbonyl (C=O) groups is 1. The SMILES string of the molecule is CC1=C(CC/C(C)=C/CC[C@@]2(C)CCC([C@H](C)C(=O)O)OO2)C(C)(C)CCC1. The molecule has 0 radical (unpaired) electrons. The number of carboxylic acids is 1. The Labute approximate surface area is 171 Å². The maximum absolute atomic E-state index is 11.1. The molecule has 1 saturated heterocycles. The molecule has 0 amide bonds. The largest absolute Gasteiger partial charge is 0.481 e. The summed E-state index contributed by atoms with van der Waals surface area (Å²) in [6, 6.07) is 0. The Kier molecular flexibility index (Phi) is 7.92. The van der Waals surface area contributed by atoms with Gasteiger partial charge in [-0.25, -0.2) is 9.78 Å². The lowest BCUT2D eigenvalue weighted by atomic mass is 9.71. The molecule has 0 aromatic heterocycles. The third-order valence-corrected chi connectivity index (χ3v) is 6.90. The van der Waals surface area contributed by atoms with Crippen molar-refractivity contribution in [1.29, 1.82) is 0 Å². The molecule has 3 atom stereocenters. The lowest BCUT2D eigenvalue weighted by Gasteiger charge is -2.37. The predicted molar refractivity (Wildman–Crippen MR) is 113 cm³/mol. The van der Waals surface area contributed by atoms with E-state index in [1.54, 1.807) is 18.1 Å². The highest BCUT2D eigenvalue weighted by Gasteiger charge is 2.37. The summed E-state index contributed by atoms with van der Waals surface area (Å²) >= 11 is 0. The van der Waals surface area contributed by atoms with Gasteiger partial charge in [0.25, 0.3) is 0 Å². The summed E-state index contributed by atoms with van der Waals surface area (Å²) in [5.74, 6) is -1.37. The molecule has 0 bridgehead atoms. The maximum atomic E-state index is 11.1. The van der Waals surface area contributed by atoms with E-state index in [1.807, 2.05) is 0 Å². The molecule has 1 fully saturated rings. The lowest BCUT2D eigenvalue weighted by Crippen LogP contribution is -2.41. The second-order valence-electron chi connectivity index (χ2n) is 9.92. The molecule has 2 aliphatic rings. The average Bonchev–Trinajstić information content (AvgIpc) is 2.60. The van der Waals surface area contributed by atoms with E-state index in [9.17, 15) is 4.79 Å². The molecule has 160 valence electrons. The third kappa shape index (κ3) is 6.18. The van der Waals surface area contributed by atoms with E-state index in [0.717, 1.165) is 32.1 Å². The van der Waals surface area contributed by atoms with Crippen LogP contribution in [0.5, 0.6) is 0 Å². The average molecular weight is 393 g/mol. The molecule has 2 rings (SSSR count). The van der Waals surface area contributed by atoms with Crippen molar-refractivity contribution >= 4 is 5.97 Å². The van der Waals surface area contributed by atoms with Gasteiger partial charge in [0.15, 0.2) is 0 Å². The molecule has 4 nitrogen and oxygen atoms in total. The molecular weight excluding hydrogens is 352 g/mol. The van der Waals surface area contributed by atoms with Gasteiger partial charge in [-0.1, -0.05) is 36.6 Å². The fourth-order valence-electron chi connectivity index (χ4n) is 4.65. The van der Waals surface area contributed by atoms with E-state index >= 15 is 0 Å². The van der Waals surface area contributed by atoms with Crippen LogP contribution in [0.1, 0.15) is 99.3 Å². The smallest absolute Gasteiger partial charge is 0.308 e. The van der Waals surface area contributed by atoms with Crippen LogP contribution in [-0.2, 0) is 14.6 Å². The van der Waals surface area contributed by atoms with Gasteiger partial charge in [-0.15, -0.1) is 0 Å². The number of hydrogen-bond donors (Lipinski definition) is 1. The van der Waals surface area contributed by atoms with E-state index in [0.29, 0.717) is 5.41 Å². The van der Waals surface area contributed by atoms with Crippen molar-refractivity contribution in [2.75, 3.05) is 0 Å². The molecule has 1 heterocycles. The van der Waals surface area contributed by atoms with Crippen molar-refractivity contribution in [2.45, 2.75) is 111 Å². The van der Waals surface area contributed by atoms with Gasteiger partial charge in [-0.05, 0) is 90.9 Å². The molecule has 1 N–H and O–H groups in total. The Bertz CT molecular complexity index is 606. The Morgan fingerprint density at radius 3 is 2.61 bits per heavy atom. The zero-order valence-corrected chi connectivity index (χ0v) is 18.8. The summed E-state index contributed by atoms with van der Waals surface area (Å²) in [4.78, 5) is 22.2. The molecule has 0 aromatic rings. The first-order valence-corrected chi connectivity index (χ1v) is 11.0. The highest BCUT2D eigenvalue weighted by Crippen LogP contribution is 2.42. The fraction of sp³-hybridized carbons (Fsp3) is 0.792. The normalized spacial score (nSPS) is 29.6. The number of rotatable bonds is 8. The van der Waals surface area contributed by atoms with Crippen LogP contribution in [0.15, 0.2) is 22.8 Å². The van der Waals surface area contributed by atoms with Crippen molar-refractivity contribution < 1.29 is 19.7 Å². The third-order valence-electron chi connectivity index (χ3n) is 6.90. The van der Waals surface area contributed by atoms with E-state index < -0.39 is 11.9 Å². The van der Waals surface area contributed by atoms with Crippen LogP contribution in [0.25, 0.3) is 0 Å². The van der Waals surface area contributed by atoms with Crippen molar-refractivity contribution in [3.8, 4) is 0 Å². The van der Waals surface area contributed by atoms with Gasteiger partial charge < -0.3 is 5.11 Å². The van der Waals surface area contributed by atoms with E-state index in [-0.39, 0.29) is 11.7 Å². The molecule has 1 aliphatic carbocycles. The van der Waals surface area contributed by atoms with E-state index in [4.69, 9.17) is 14.9 Å². The predicted octanol–water partition coefficient (Wildman–Crippen LogP) is 6.61. The van der Waals surface area contributed by atoms with Gasteiger partial charge in [0.05, 0.1) is 5.92 Å². The number of carboxylic acid groups (broad SMARTS) is 1. The van der Waals surface area contributed by atoms with Gasteiger partial charge >= 0.3 is 5.97 Å². The molecule has 1 unspecified atom stereocenters. The minimum atomic E-state index is -0.831. The van der Waals surface area contributed by atoms with Gasteiger partial charge in [-0.2, -0.15) is 0 Å². The first-order chi connectivity index (χ1) is 13.0. The fourth-order valence-corrected chi connectivity index (χ4v) is 4.65. The number of allylic oxidation sites excluding steroid dienone is 4. The first-order valence-electron chi connectivity index (χ1n) is 11.0. The van der Waals surface area contributed by atoms with Gasteiger partial charge in [0.1, 0.15) is 11.7 Å². The Morgan fingerprint density at radius 1 is 1.32 bits per heavy atom. The first kappa shape index (κ1) is 23.2. The monoisotopic (exact) mass is 392 g/mol. The quantitative estimate of drug-likeness (QED) is 0.373. The zero-order chi connectivity index (χ0) is 20.9. The maximum Gasteiger partial charge on any atom is 0.308 e. The van der Waals surface area contributed by atoms with Gasteiger partial charge in [0.2, 0.25) is 0 Å². The molecule has 0 aromatic carbocycles. The Balaban J connectivity index is 1.79. The minimum absolute atomic E-state index is 0.323. The summed E-state index contributed by atoms with van der Waals surface area (Å²) < 4.78 is 0. The van der Waals surface area contributed by atoms with Crippen LogP contribution in [0.4, 0.5) is 0 Å². The molecule has 1 aliphatic heterocycles. The van der Waals surface area contributed by atoms with Crippen LogP contribution in [0.2, 0.25) is 0 Å². The lowest BCUT2D eigenvalue weighted by molar-refractivity contribution is -0.411. The molecule has 28 heavy (non-hydrogen) atoms. The second-order valence-corrected chi connectivity index (χ2v) is 9.92. The molecule has 0 saturated carbocycles. The van der Waals surface area contributed by atoms with Crippen LogP contribution < -0.4 is 0 Å². The molecule has 0 spiro atoms. The minimum Gasteiger partial charge on any atom is -0.481 e. The number of hydrogen-bond acceptors (Lipinski definition) is 3. The Hall–Kier alpha value is -1.13. The Morgan fingerprint density at radius 2 is 2.04 bits per heavy atom. The summed E-state index contributed by atoms with van der Waals surface area (Å²) in [6.45, 7) is 13.1. The van der Waals surface area contributed by atoms with Gasteiger partial charge in [0, 0.05) is 0 Å². The summed E-state index contributed by atoms with van der Waals surface area (Å²) in [7, 11) is 0. The highest BCUT2D eigenvalue weighted by atomic mass is 17.2. The van der Waals surface area contributed by atoms with Crippen LogP contribution >= 0.6 is 0 Å². The second kappa shape index (κ2) is 9.58. The molecule has 4 heteroatoms. The summed E-state index contributed by atoms with van der Waals surface area (Å²) in [5.41, 5.74) is 4.75. The van der Waals surface area contributed by atoms with E-state index in [1.165, 1.54) is 31.3 Å². The van der Waals surface area contributed by atoms with Crippen LogP contribution in [0, 0.1) is 11.3 Å². The highest BCUT2D eigenvalue weighted by molar-refractivity contribution is 5.70. The van der Waals surface area contributed by atoms with Crippen LogP contribution in [0.3, 0.4) is 0 Å². The van der Waals surface area contributed by atoms with Crippen LogP contribution in [-0.4, -0.2) is 22.8 Å². The van der Waals surface area contributed by atoms with Crippen molar-refractivity contribution in [3.63, 3.8) is 0 Å². The molecular formula is C24H40O4. The van der Waals surface area contributed by atoms with Crippen molar-refractivity contribution in [3.05, 3.63) is 22.8 Å². The summed E-state index contributed by atoms with van der Waals surface area (Å²) in [6.07, 6.45) is 11.6. The van der Waals surface area contributed by atoms with Crippen molar-refractivity contribution in [1.82, 2.24) is 0 Å². The zero-order valence-electron chi connectivity index (χ0n) is 18.8. The van der Waals surface area contributed by atoms with Crippen molar-refractivity contribution in [2.24, 2.45) is 11.3 Å².